The first-order valence-corrected chi connectivity index (χ1v) is 10.8. The maximum atomic E-state index is 12.2. The maximum Gasteiger partial charge on any atom is 0.279 e. The number of hydrogen-bond acceptors (Lipinski definition) is 6. The zero-order valence-electron chi connectivity index (χ0n) is 17.0. The van der Waals surface area contributed by atoms with Crippen LogP contribution in [-0.2, 0) is 14.8 Å². The van der Waals surface area contributed by atoms with Gasteiger partial charge in [0.2, 0.25) is 10.0 Å². The number of nitrogens with one attached hydrogen (secondary N) is 3. The van der Waals surface area contributed by atoms with Crippen LogP contribution in [0.2, 0.25) is 0 Å². The molecular formula is C21H23N3O6S. The molecule has 0 fully saturated rings. The predicted molar refractivity (Wildman–Crippen MR) is 114 cm³/mol. The number of hydrazine groups is 1. The minimum atomic E-state index is -3.76. The lowest BCUT2D eigenvalue weighted by atomic mass is 10.2. The van der Waals surface area contributed by atoms with Crippen LogP contribution >= 0.6 is 0 Å². The predicted octanol–water partition coefficient (Wildman–Crippen LogP) is 1.23. The summed E-state index contributed by atoms with van der Waals surface area (Å²) in [5.74, 6) is 2.13. The number of carbonyl (C=O) groups excluding carboxylic acids is 2. The van der Waals surface area contributed by atoms with Crippen molar-refractivity contribution in [2.45, 2.75) is 24.8 Å². The molecule has 0 bridgehead atoms. The van der Waals surface area contributed by atoms with Crippen molar-refractivity contribution in [1.82, 2.24) is 15.6 Å². The van der Waals surface area contributed by atoms with Gasteiger partial charge in [-0.1, -0.05) is 5.92 Å². The summed E-state index contributed by atoms with van der Waals surface area (Å²) in [6.45, 7) is 3.80. The van der Waals surface area contributed by atoms with Crippen LogP contribution in [0.3, 0.4) is 0 Å². The van der Waals surface area contributed by atoms with Gasteiger partial charge in [0.1, 0.15) is 11.5 Å². The summed E-state index contributed by atoms with van der Waals surface area (Å²) >= 11 is 0. The third-order valence-corrected chi connectivity index (χ3v) is 5.32. The van der Waals surface area contributed by atoms with Crippen LogP contribution in [0.25, 0.3) is 0 Å². The molecule has 2 amide bonds. The van der Waals surface area contributed by atoms with E-state index in [9.17, 15) is 18.0 Å². The molecule has 2 aromatic carbocycles. The molecule has 0 spiro atoms. The highest BCUT2D eigenvalue weighted by atomic mass is 32.2. The van der Waals surface area contributed by atoms with Gasteiger partial charge >= 0.3 is 0 Å². The van der Waals surface area contributed by atoms with Gasteiger partial charge in [0.25, 0.3) is 11.8 Å². The van der Waals surface area contributed by atoms with Crippen LogP contribution in [0.15, 0.2) is 53.4 Å². The second kappa shape index (κ2) is 11.0. The van der Waals surface area contributed by atoms with Crippen molar-refractivity contribution in [3.63, 3.8) is 0 Å². The summed E-state index contributed by atoms with van der Waals surface area (Å²) in [6.07, 6.45) is 4.16. The van der Waals surface area contributed by atoms with Crippen molar-refractivity contribution < 1.29 is 27.5 Å². The number of amides is 2. The average Bonchev–Trinajstić information content (AvgIpc) is 2.77. The molecule has 164 valence electrons. The minimum Gasteiger partial charge on any atom is -0.494 e. The number of ether oxygens (including phenoxy) is 2. The molecule has 0 saturated heterocycles. The van der Waals surface area contributed by atoms with E-state index >= 15 is 0 Å². The van der Waals surface area contributed by atoms with Crippen LogP contribution in [0.1, 0.15) is 24.2 Å². The Morgan fingerprint density at radius 1 is 1.03 bits per heavy atom. The Labute approximate surface area is 181 Å². The quantitative estimate of drug-likeness (QED) is 0.394. The Hall–Kier alpha value is -3.55. The molecule has 0 aromatic heterocycles. The Morgan fingerprint density at radius 3 is 2.23 bits per heavy atom. The van der Waals surface area contributed by atoms with E-state index in [0.29, 0.717) is 18.1 Å². The van der Waals surface area contributed by atoms with Gasteiger partial charge in [-0.25, -0.2) is 8.42 Å². The number of benzene rings is 2. The highest BCUT2D eigenvalue weighted by Gasteiger charge is 2.17. The molecule has 0 saturated carbocycles. The van der Waals surface area contributed by atoms with Crippen molar-refractivity contribution in [1.29, 1.82) is 0 Å². The third-order valence-electron chi connectivity index (χ3n) is 3.91. The number of carbonyl (C=O) groups is 2. The summed E-state index contributed by atoms with van der Waals surface area (Å²) in [4.78, 5) is 24.3. The lowest BCUT2D eigenvalue weighted by Gasteiger charge is -2.15. The van der Waals surface area contributed by atoms with Gasteiger partial charge in [-0.2, -0.15) is 4.72 Å². The summed E-state index contributed by atoms with van der Waals surface area (Å²) in [5, 5.41) is 0. The standard InChI is InChI=1S/C21H23N3O6S/c1-4-14-22-31(27,28)19-12-6-16(7-13-19)21(26)24-23-20(25)15(3)30-18-10-8-17(9-11-18)29-5-2/h1,6-13,15,22H,5,14H2,2-3H3,(H,23,25)(H,24,26). The van der Waals surface area contributed by atoms with Gasteiger partial charge in [-0.15, -0.1) is 6.42 Å². The molecule has 31 heavy (non-hydrogen) atoms. The molecule has 0 aliphatic rings. The summed E-state index contributed by atoms with van der Waals surface area (Å²) in [5.41, 5.74) is 4.67. The molecule has 10 heteroatoms. The molecule has 2 rings (SSSR count). The smallest absolute Gasteiger partial charge is 0.279 e. The minimum absolute atomic E-state index is 0.0410. The van der Waals surface area contributed by atoms with Gasteiger partial charge in [-0.3, -0.25) is 20.4 Å². The largest absolute Gasteiger partial charge is 0.494 e. The first-order chi connectivity index (χ1) is 14.8. The molecule has 1 atom stereocenters. The van der Waals surface area contributed by atoms with Crippen LogP contribution in [0, 0.1) is 12.3 Å². The highest BCUT2D eigenvalue weighted by Crippen LogP contribution is 2.18. The molecular weight excluding hydrogens is 422 g/mol. The lowest BCUT2D eigenvalue weighted by molar-refractivity contribution is -0.128. The van der Waals surface area contributed by atoms with E-state index in [2.05, 4.69) is 21.5 Å². The van der Waals surface area contributed by atoms with E-state index in [1.54, 1.807) is 24.3 Å². The Balaban J connectivity index is 1.88. The first-order valence-electron chi connectivity index (χ1n) is 9.29. The Kier molecular flexibility index (Phi) is 8.43. The molecule has 0 aliphatic carbocycles. The van der Waals surface area contributed by atoms with Crippen molar-refractivity contribution in [3.8, 4) is 23.8 Å². The van der Waals surface area contributed by atoms with E-state index in [0.717, 1.165) is 0 Å². The fourth-order valence-electron chi connectivity index (χ4n) is 2.34. The van der Waals surface area contributed by atoms with Crippen LogP contribution < -0.4 is 25.0 Å². The van der Waals surface area contributed by atoms with Gasteiger partial charge < -0.3 is 9.47 Å². The van der Waals surface area contributed by atoms with Crippen molar-refractivity contribution in [3.05, 3.63) is 54.1 Å². The van der Waals surface area contributed by atoms with Crippen LogP contribution in [0.5, 0.6) is 11.5 Å². The lowest BCUT2D eigenvalue weighted by Crippen LogP contribution is -2.47. The Bertz CT molecular complexity index is 1040. The highest BCUT2D eigenvalue weighted by molar-refractivity contribution is 7.89. The topological polar surface area (TPSA) is 123 Å². The second-order valence-corrected chi connectivity index (χ2v) is 7.93. The van der Waals surface area contributed by atoms with E-state index in [-0.39, 0.29) is 17.0 Å². The van der Waals surface area contributed by atoms with E-state index < -0.39 is 27.9 Å². The molecule has 0 aliphatic heterocycles. The van der Waals surface area contributed by atoms with Gasteiger partial charge in [0, 0.05) is 5.56 Å². The summed E-state index contributed by atoms with van der Waals surface area (Å²) in [7, 11) is -3.76. The fourth-order valence-corrected chi connectivity index (χ4v) is 3.27. The number of rotatable bonds is 9. The van der Waals surface area contributed by atoms with Crippen LogP contribution in [-0.4, -0.2) is 39.5 Å². The zero-order chi connectivity index (χ0) is 22.9. The molecule has 0 heterocycles. The molecule has 2 aromatic rings. The van der Waals surface area contributed by atoms with E-state index in [4.69, 9.17) is 15.9 Å². The number of sulfonamides is 1. The summed E-state index contributed by atoms with van der Waals surface area (Å²) in [6, 6.07) is 11.9. The van der Waals surface area contributed by atoms with Crippen molar-refractivity contribution in [2.75, 3.05) is 13.2 Å². The van der Waals surface area contributed by atoms with Gasteiger partial charge in [0.15, 0.2) is 6.10 Å². The number of terminal acetylenes is 1. The third kappa shape index (κ3) is 7.02. The van der Waals surface area contributed by atoms with Gasteiger partial charge in [0.05, 0.1) is 18.0 Å². The SMILES string of the molecule is C#CCNS(=O)(=O)c1ccc(C(=O)NNC(=O)C(C)Oc2ccc(OCC)cc2)cc1. The number of hydrogen-bond donors (Lipinski definition) is 3. The average molecular weight is 445 g/mol. The molecule has 0 radical (unpaired) electrons. The zero-order valence-corrected chi connectivity index (χ0v) is 17.9. The summed E-state index contributed by atoms with van der Waals surface area (Å²) < 4.78 is 37.0. The molecule has 9 nitrogen and oxygen atoms in total. The first kappa shape index (κ1) is 23.7. The van der Waals surface area contributed by atoms with E-state index in [1.165, 1.54) is 31.2 Å². The fraction of sp³-hybridized carbons (Fsp3) is 0.238. The van der Waals surface area contributed by atoms with Crippen LogP contribution in [0.4, 0.5) is 0 Å². The van der Waals surface area contributed by atoms with Gasteiger partial charge in [-0.05, 0) is 62.4 Å². The van der Waals surface area contributed by atoms with Crippen molar-refractivity contribution in [2.24, 2.45) is 0 Å². The second-order valence-electron chi connectivity index (χ2n) is 6.16. The van der Waals surface area contributed by atoms with E-state index in [1.807, 2.05) is 6.92 Å². The molecule has 1 unspecified atom stereocenters. The normalized spacial score (nSPS) is 11.6. The van der Waals surface area contributed by atoms with Crippen molar-refractivity contribution >= 4 is 21.8 Å². The maximum absolute atomic E-state index is 12.2. The Morgan fingerprint density at radius 2 is 1.65 bits per heavy atom. The molecule has 3 N–H and O–H groups in total. The monoisotopic (exact) mass is 445 g/mol.